The monoisotopic (exact) mass is 501 g/mol. The minimum Gasteiger partial charge on any atom is -0.493 e. The lowest BCUT2D eigenvalue weighted by atomic mass is 10.2. The molecule has 0 saturated carbocycles. The number of nitrogens with zero attached hydrogens (tertiary/aromatic N) is 4. The minimum absolute atomic E-state index is 0.149. The second-order valence-corrected chi connectivity index (χ2v) is 7.17. The van der Waals surface area contributed by atoms with Crippen LogP contribution in [0.5, 0.6) is 5.88 Å². The molecule has 0 unspecified atom stereocenters. The van der Waals surface area contributed by atoms with Gasteiger partial charge in [0, 0.05) is 15.5 Å². The lowest BCUT2D eigenvalue weighted by molar-refractivity contribution is -0.117. The maximum absolute atomic E-state index is 12.2. The van der Waals surface area contributed by atoms with Gasteiger partial charge < -0.3 is 15.0 Å². The highest BCUT2D eigenvalue weighted by Crippen LogP contribution is 2.38. The molecule has 0 fully saturated rings. The lowest BCUT2D eigenvalue weighted by Crippen LogP contribution is -2.29. The van der Waals surface area contributed by atoms with Gasteiger partial charge >= 0.3 is 0 Å². The van der Waals surface area contributed by atoms with E-state index in [1.165, 1.54) is 0 Å². The molecule has 146 valence electrons. The van der Waals surface area contributed by atoms with Gasteiger partial charge in [-0.15, -0.1) is 10.2 Å². The number of rotatable bonds is 6. The summed E-state index contributed by atoms with van der Waals surface area (Å²) in [6.07, 6.45) is 0.214. The van der Waals surface area contributed by atoms with Crippen molar-refractivity contribution in [3.63, 3.8) is 0 Å². The summed E-state index contributed by atoms with van der Waals surface area (Å²) in [4.78, 5) is 24.2. The van der Waals surface area contributed by atoms with Gasteiger partial charge in [0.25, 0.3) is 11.8 Å². The third kappa shape index (κ3) is 4.60. The van der Waals surface area contributed by atoms with Gasteiger partial charge in [0.2, 0.25) is 5.88 Å². The molecule has 1 heterocycles. The fourth-order valence-electron chi connectivity index (χ4n) is 2.80. The molecule has 0 bridgehead atoms. The van der Waals surface area contributed by atoms with Crippen molar-refractivity contribution in [1.82, 2.24) is 9.88 Å². The quantitative estimate of drug-likeness (QED) is 0.393. The summed E-state index contributed by atoms with van der Waals surface area (Å²) in [5.41, 5.74) is 1.31. The number of para-hydroxylation sites is 1. The SMILES string of the molecule is N#CCCn1c(O)c(N=NC(=O)CNC(=O)c2ccccc2I)c2ccccc21. The second kappa shape index (κ2) is 9.29. The molecule has 2 amide bonds. The smallest absolute Gasteiger partial charge is 0.283 e. The number of aromatic hydroxyl groups is 1. The summed E-state index contributed by atoms with van der Waals surface area (Å²) >= 11 is 2.04. The van der Waals surface area contributed by atoms with Crippen LogP contribution < -0.4 is 5.32 Å². The largest absolute Gasteiger partial charge is 0.493 e. The van der Waals surface area contributed by atoms with E-state index in [4.69, 9.17) is 5.26 Å². The number of fused-ring (bicyclic) bond motifs is 1. The molecule has 0 radical (unpaired) electrons. The topological polar surface area (TPSA) is 120 Å². The number of nitrogens with one attached hydrogen (secondary N) is 1. The molecular weight excluding hydrogens is 485 g/mol. The van der Waals surface area contributed by atoms with Gasteiger partial charge in [0.1, 0.15) is 6.54 Å². The molecule has 0 aliphatic rings. The zero-order valence-corrected chi connectivity index (χ0v) is 17.3. The standard InChI is InChI=1S/C20H16IN5O3/c21-15-8-3-1-6-13(15)19(28)23-12-17(27)24-25-18-14-7-2-4-9-16(14)26(20(18)29)11-5-10-22/h1-4,6-9,29H,5,11-12H2,(H,23,28). The molecular formula is C20H16IN5O3. The highest BCUT2D eigenvalue weighted by Gasteiger charge is 2.16. The molecule has 0 atom stereocenters. The molecule has 2 N–H and O–H groups in total. The summed E-state index contributed by atoms with van der Waals surface area (Å²) in [5.74, 6) is -1.20. The van der Waals surface area contributed by atoms with Crippen molar-refractivity contribution in [1.29, 1.82) is 5.26 Å². The molecule has 3 aromatic rings. The minimum atomic E-state index is -0.655. The Morgan fingerprint density at radius 2 is 1.90 bits per heavy atom. The first kappa shape index (κ1) is 20.5. The van der Waals surface area contributed by atoms with E-state index < -0.39 is 5.91 Å². The van der Waals surface area contributed by atoms with Crippen LogP contribution in [0.25, 0.3) is 10.9 Å². The maximum Gasteiger partial charge on any atom is 0.283 e. The zero-order valence-electron chi connectivity index (χ0n) is 15.2. The lowest BCUT2D eigenvalue weighted by Gasteiger charge is -2.04. The van der Waals surface area contributed by atoms with E-state index in [-0.39, 0.29) is 37.0 Å². The number of carbonyl (C=O) groups excluding carboxylic acids is 2. The number of aryl methyl sites for hydroxylation is 1. The summed E-state index contributed by atoms with van der Waals surface area (Å²) in [6, 6.07) is 16.2. The number of benzene rings is 2. The van der Waals surface area contributed by atoms with Crippen LogP contribution in [0.4, 0.5) is 5.69 Å². The Kier molecular flexibility index (Phi) is 6.56. The first-order chi connectivity index (χ1) is 14.0. The summed E-state index contributed by atoms with van der Waals surface area (Å²) in [5, 5.41) is 29.9. The first-order valence-electron chi connectivity index (χ1n) is 8.67. The molecule has 0 spiro atoms. The van der Waals surface area contributed by atoms with Gasteiger partial charge in [-0.25, -0.2) is 0 Å². The number of amides is 2. The Bertz CT molecular complexity index is 1150. The Morgan fingerprint density at radius 3 is 2.66 bits per heavy atom. The third-order valence-electron chi connectivity index (χ3n) is 4.14. The number of azo groups is 1. The summed E-state index contributed by atoms with van der Waals surface area (Å²) < 4.78 is 2.32. The molecule has 0 aliphatic heterocycles. The first-order valence-corrected chi connectivity index (χ1v) is 9.75. The normalized spacial score (nSPS) is 10.9. The third-order valence-corrected chi connectivity index (χ3v) is 5.09. The van der Waals surface area contributed by atoms with Crippen molar-refractivity contribution in [2.75, 3.05) is 6.54 Å². The van der Waals surface area contributed by atoms with Gasteiger partial charge in [0.15, 0.2) is 5.69 Å². The van der Waals surface area contributed by atoms with E-state index in [2.05, 4.69) is 15.5 Å². The molecule has 2 aromatic carbocycles. The fraction of sp³-hybridized carbons (Fsp3) is 0.150. The van der Waals surface area contributed by atoms with Crippen LogP contribution >= 0.6 is 22.6 Å². The molecule has 8 nitrogen and oxygen atoms in total. The van der Waals surface area contributed by atoms with Crippen LogP contribution in [0.15, 0.2) is 58.8 Å². The van der Waals surface area contributed by atoms with Crippen LogP contribution in [0.3, 0.4) is 0 Å². The van der Waals surface area contributed by atoms with Crippen LogP contribution in [0.1, 0.15) is 16.8 Å². The van der Waals surface area contributed by atoms with Gasteiger partial charge in [0.05, 0.1) is 23.6 Å². The number of nitriles is 1. The van der Waals surface area contributed by atoms with Gasteiger partial charge in [-0.3, -0.25) is 9.59 Å². The van der Waals surface area contributed by atoms with E-state index in [1.807, 2.05) is 34.7 Å². The van der Waals surface area contributed by atoms with Crippen molar-refractivity contribution >= 4 is 51.0 Å². The highest BCUT2D eigenvalue weighted by molar-refractivity contribution is 14.1. The zero-order chi connectivity index (χ0) is 20.8. The number of halogens is 1. The summed E-state index contributed by atoms with van der Waals surface area (Å²) in [6.45, 7) is -0.0285. The number of hydrogen-bond donors (Lipinski definition) is 2. The number of aromatic nitrogens is 1. The Morgan fingerprint density at radius 1 is 1.17 bits per heavy atom. The average Bonchev–Trinajstić information content (AvgIpc) is 3.00. The van der Waals surface area contributed by atoms with E-state index in [0.717, 1.165) is 3.57 Å². The van der Waals surface area contributed by atoms with Gasteiger partial charge in [-0.05, 0) is 40.8 Å². The molecule has 29 heavy (non-hydrogen) atoms. The van der Waals surface area contributed by atoms with Crippen molar-refractivity contribution in [2.24, 2.45) is 10.2 Å². The Hall–Kier alpha value is -3.26. The van der Waals surface area contributed by atoms with Crippen molar-refractivity contribution in [3.05, 3.63) is 57.7 Å². The van der Waals surface area contributed by atoms with Crippen molar-refractivity contribution in [2.45, 2.75) is 13.0 Å². The number of carbonyl (C=O) groups is 2. The van der Waals surface area contributed by atoms with Gasteiger partial charge in [-0.2, -0.15) is 5.26 Å². The highest BCUT2D eigenvalue weighted by atomic mass is 127. The van der Waals surface area contributed by atoms with Crippen LogP contribution in [0, 0.1) is 14.9 Å². The average molecular weight is 501 g/mol. The summed E-state index contributed by atoms with van der Waals surface area (Å²) in [7, 11) is 0. The van der Waals surface area contributed by atoms with Crippen molar-refractivity contribution < 1.29 is 14.7 Å². The fourth-order valence-corrected chi connectivity index (χ4v) is 3.43. The Labute approximate surface area is 180 Å². The number of hydrogen-bond acceptors (Lipinski definition) is 5. The predicted octanol–water partition coefficient (Wildman–Crippen LogP) is 3.91. The molecule has 1 aromatic heterocycles. The molecule has 9 heteroatoms. The second-order valence-electron chi connectivity index (χ2n) is 6.01. The van der Waals surface area contributed by atoms with E-state index in [0.29, 0.717) is 16.5 Å². The Balaban J connectivity index is 1.74. The molecule has 3 rings (SSSR count). The van der Waals surface area contributed by atoms with E-state index in [1.54, 1.807) is 47.0 Å². The van der Waals surface area contributed by atoms with E-state index >= 15 is 0 Å². The van der Waals surface area contributed by atoms with Crippen LogP contribution in [-0.4, -0.2) is 28.0 Å². The van der Waals surface area contributed by atoms with Gasteiger partial charge in [-0.1, -0.05) is 30.3 Å². The molecule has 0 saturated heterocycles. The maximum atomic E-state index is 12.2. The van der Waals surface area contributed by atoms with Crippen molar-refractivity contribution in [3.8, 4) is 11.9 Å². The predicted molar refractivity (Wildman–Crippen MR) is 115 cm³/mol. The van der Waals surface area contributed by atoms with Crippen LogP contribution in [-0.2, 0) is 11.3 Å². The van der Waals surface area contributed by atoms with E-state index in [9.17, 15) is 14.7 Å². The van der Waals surface area contributed by atoms with Crippen LogP contribution in [0.2, 0.25) is 0 Å². The molecule has 0 aliphatic carbocycles.